The number of nitrogens with zero attached hydrogens (tertiary/aromatic N) is 3. The van der Waals surface area contributed by atoms with Crippen molar-refractivity contribution in [2.45, 2.75) is 31.8 Å². The quantitative estimate of drug-likeness (QED) is 0.651. The van der Waals surface area contributed by atoms with E-state index in [2.05, 4.69) is 5.10 Å². The van der Waals surface area contributed by atoms with E-state index in [4.69, 9.17) is 0 Å². The number of rotatable bonds is 4. The number of carbonyl (C=O) groups is 1. The van der Waals surface area contributed by atoms with E-state index in [1.807, 2.05) is 6.92 Å². The Kier molecular flexibility index (Phi) is 4.65. The van der Waals surface area contributed by atoms with Crippen LogP contribution in [0.1, 0.15) is 18.1 Å². The van der Waals surface area contributed by atoms with E-state index >= 15 is 0 Å². The molecule has 1 aliphatic rings. The molecular formula is C21H17F4N3O2. The number of aryl methyl sites for hydroxylation is 1. The maximum Gasteiger partial charge on any atom is 0.430 e. The molecule has 0 fully saturated rings. The lowest BCUT2D eigenvalue weighted by Gasteiger charge is -2.25. The summed E-state index contributed by atoms with van der Waals surface area (Å²) in [5.41, 5.74) is -3.06. The fourth-order valence-electron chi connectivity index (χ4n) is 3.58. The van der Waals surface area contributed by atoms with Crippen LogP contribution in [0.5, 0.6) is 0 Å². The normalized spacial score (nSPS) is 18.7. The zero-order valence-electron chi connectivity index (χ0n) is 15.8. The van der Waals surface area contributed by atoms with Crippen LogP contribution in [0.4, 0.5) is 23.2 Å². The molecule has 0 saturated carbocycles. The summed E-state index contributed by atoms with van der Waals surface area (Å²) in [6.45, 7) is 2.11. The van der Waals surface area contributed by atoms with Gasteiger partial charge in [-0.15, -0.1) is 0 Å². The number of benzene rings is 2. The second-order valence-electron chi connectivity index (χ2n) is 7.01. The molecule has 1 atom stereocenters. The van der Waals surface area contributed by atoms with Crippen LogP contribution in [-0.4, -0.2) is 27.0 Å². The number of alkyl halides is 3. The topological polar surface area (TPSA) is 58.4 Å². The lowest BCUT2D eigenvalue weighted by Crippen LogP contribution is -2.50. The summed E-state index contributed by atoms with van der Waals surface area (Å²) in [5, 5.41) is 14.4. The smallest absolute Gasteiger partial charge is 0.368 e. The van der Waals surface area contributed by atoms with Gasteiger partial charge in [0.25, 0.3) is 11.5 Å². The zero-order valence-corrected chi connectivity index (χ0v) is 15.8. The number of amides is 1. The molecule has 0 saturated heterocycles. The van der Waals surface area contributed by atoms with Gasteiger partial charge in [0.2, 0.25) is 0 Å². The van der Waals surface area contributed by atoms with E-state index < -0.39 is 35.6 Å². The molecule has 2 heterocycles. The van der Waals surface area contributed by atoms with Gasteiger partial charge in [0.1, 0.15) is 5.82 Å². The minimum atomic E-state index is -5.21. The van der Waals surface area contributed by atoms with Crippen molar-refractivity contribution in [1.82, 2.24) is 9.78 Å². The molecule has 1 amide bonds. The van der Waals surface area contributed by atoms with Crippen molar-refractivity contribution < 1.29 is 27.5 Å². The summed E-state index contributed by atoms with van der Waals surface area (Å²) in [4.78, 5) is 13.4. The highest BCUT2D eigenvalue weighted by atomic mass is 19.4. The lowest BCUT2D eigenvalue weighted by atomic mass is 9.95. The van der Waals surface area contributed by atoms with Crippen molar-refractivity contribution in [2.75, 3.05) is 4.90 Å². The number of hydrogen-bond donors (Lipinski definition) is 1. The summed E-state index contributed by atoms with van der Waals surface area (Å²) >= 11 is 0. The first-order valence-corrected chi connectivity index (χ1v) is 9.18. The number of anilines is 1. The lowest BCUT2D eigenvalue weighted by molar-refractivity contribution is -0.253. The number of halogens is 4. The second kappa shape index (κ2) is 6.94. The molecule has 1 N–H and O–H groups in total. The van der Waals surface area contributed by atoms with Crippen molar-refractivity contribution >= 4 is 11.6 Å². The molecular weight excluding hydrogens is 402 g/mol. The van der Waals surface area contributed by atoms with Gasteiger partial charge in [-0.3, -0.25) is 9.48 Å². The minimum Gasteiger partial charge on any atom is -0.368 e. The van der Waals surface area contributed by atoms with Gasteiger partial charge in [-0.1, -0.05) is 30.3 Å². The van der Waals surface area contributed by atoms with Gasteiger partial charge in [-0.05, 0) is 24.6 Å². The standard InChI is InChI=1S/C21H17F4N3O2/c1-2-27-11-15(10-26-27)13-7-8-14(17(22)9-13)12-28-18-6-4-3-5-16(18)20(30,19(28)29)21(23,24)25/h3-11,30H,2,12H2,1H3. The molecule has 0 bridgehead atoms. The zero-order chi connectivity index (χ0) is 21.7. The van der Waals surface area contributed by atoms with E-state index in [-0.39, 0.29) is 11.3 Å². The molecule has 2 aromatic carbocycles. The Labute approximate surface area is 169 Å². The SMILES string of the molecule is CCn1cc(-c2ccc(CN3C(=O)C(O)(C(F)(F)F)c4ccccc43)c(F)c2)cn1. The molecule has 9 heteroatoms. The molecule has 5 nitrogen and oxygen atoms in total. The van der Waals surface area contributed by atoms with Gasteiger partial charge in [-0.2, -0.15) is 18.3 Å². The highest BCUT2D eigenvalue weighted by Crippen LogP contribution is 2.49. The number of aliphatic hydroxyl groups is 1. The van der Waals surface area contributed by atoms with Crippen LogP contribution in [0.2, 0.25) is 0 Å². The molecule has 156 valence electrons. The van der Waals surface area contributed by atoms with Gasteiger partial charge >= 0.3 is 6.18 Å². The predicted molar refractivity (Wildman–Crippen MR) is 101 cm³/mol. The fraction of sp³-hybridized carbons (Fsp3) is 0.238. The van der Waals surface area contributed by atoms with Crippen LogP contribution in [0.25, 0.3) is 11.1 Å². The van der Waals surface area contributed by atoms with Crippen LogP contribution < -0.4 is 4.90 Å². The summed E-state index contributed by atoms with van der Waals surface area (Å²) in [6.07, 6.45) is -1.88. The number of fused-ring (bicyclic) bond motifs is 1. The number of para-hydroxylation sites is 1. The van der Waals surface area contributed by atoms with E-state index in [0.29, 0.717) is 17.7 Å². The summed E-state index contributed by atoms with van der Waals surface area (Å²) < 4.78 is 57.1. The van der Waals surface area contributed by atoms with Crippen molar-refractivity contribution in [1.29, 1.82) is 0 Å². The monoisotopic (exact) mass is 419 g/mol. The van der Waals surface area contributed by atoms with Gasteiger partial charge < -0.3 is 10.0 Å². The Morgan fingerprint density at radius 3 is 2.50 bits per heavy atom. The maximum atomic E-state index is 14.8. The van der Waals surface area contributed by atoms with Crippen molar-refractivity contribution in [3.63, 3.8) is 0 Å². The van der Waals surface area contributed by atoms with Crippen LogP contribution >= 0.6 is 0 Å². The Morgan fingerprint density at radius 2 is 1.87 bits per heavy atom. The molecule has 3 aromatic rings. The predicted octanol–water partition coefficient (Wildman–Crippen LogP) is 4.01. The number of hydrogen-bond acceptors (Lipinski definition) is 3. The molecule has 0 radical (unpaired) electrons. The first-order chi connectivity index (χ1) is 14.2. The third-order valence-electron chi connectivity index (χ3n) is 5.22. The Morgan fingerprint density at radius 1 is 1.13 bits per heavy atom. The average molecular weight is 419 g/mol. The van der Waals surface area contributed by atoms with Gasteiger partial charge in [-0.25, -0.2) is 4.39 Å². The van der Waals surface area contributed by atoms with E-state index in [9.17, 15) is 27.5 Å². The Bertz CT molecular complexity index is 1130. The maximum absolute atomic E-state index is 14.8. The van der Waals surface area contributed by atoms with Crippen LogP contribution in [-0.2, 0) is 23.5 Å². The van der Waals surface area contributed by atoms with Gasteiger partial charge in [0.05, 0.1) is 18.4 Å². The summed E-state index contributed by atoms with van der Waals surface area (Å²) in [5.74, 6) is -2.23. The Balaban J connectivity index is 1.68. The molecule has 0 aliphatic carbocycles. The van der Waals surface area contributed by atoms with Gasteiger partial charge in [0, 0.05) is 29.4 Å². The highest BCUT2D eigenvalue weighted by molar-refractivity contribution is 6.07. The van der Waals surface area contributed by atoms with Crippen LogP contribution in [0.15, 0.2) is 54.9 Å². The largest absolute Gasteiger partial charge is 0.430 e. The average Bonchev–Trinajstić information content (AvgIpc) is 3.27. The Hall–Kier alpha value is -3.20. The first kappa shape index (κ1) is 20.1. The first-order valence-electron chi connectivity index (χ1n) is 9.18. The third-order valence-corrected chi connectivity index (χ3v) is 5.22. The number of aromatic nitrogens is 2. The van der Waals surface area contributed by atoms with Crippen molar-refractivity contribution in [3.05, 3.63) is 71.8 Å². The molecule has 1 aliphatic heterocycles. The fourth-order valence-corrected chi connectivity index (χ4v) is 3.58. The number of carbonyl (C=O) groups excluding carboxylic acids is 1. The van der Waals surface area contributed by atoms with E-state index in [0.717, 1.165) is 11.0 Å². The highest BCUT2D eigenvalue weighted by Gasteiger charge is 2.66. The summed E-state index contributed by atoms with van der Waals surface area (Å²) in [6, 6.07) is 9.36. The minimum absolute atomic E-state index is 0.0243. The van der Waals surface area contributed by atoms with E-state index in [1.54, 1.807) is 23.1 Å². The molecule has 4 rings (SSSR count). The molecule has 1 unspecified atom stereocenters. The van der Waals surface area contributed by atoms with Crippen molar-refractivity contribution in [3.8, 4) is 11.1 Å². The van der Waals surface area contributed by atoms with Crippen molar-refractivity contribution in [2.24, 2.45) is 0 Å². The molecule has 0 spiro atoms. The molecule has 30 heavy (non-hydrogen) atoms. The van der Waals surface area contributed by atoms with Gasteiger partial charge in [0.15, 0.2) is 0 Å². The third kappa shape index (κ3) is 2.97. The van der Waals surface area contributed by atoms with Crippen LogP contribution in [0.3, 0.4) is 0 Å². The van der Waals surface area contributed by atoms with Crippen LogP contribution in [0, 0.1) is 5.82 Å². The second-order valence-corrected chi connectivity index (χ2v) is 7.01. The molecule has 1 aromatic heterocycles. The summed E-state index contributed by atoms with van der Waals surface area (Å²) in [7, 11) is 0. The van der Waals surface area contributed by atoms with E-state index in [1.165, 1.54) is 30.3 Å².